The van der Waals surface area contributed by atoms with Crippen molar-refractivity contribution >= 4 is 16.0 Å². The summed E-state index contributed by atoms with van der Waals surface area (Å²) in [5.74, 6) is 0.752. The molecule has 25 heavy (non-hydrogen) atoms. The van der Waals surface area contributed by atoms with Crippen molar-refractivity contribution in [2.45, 2.75) is 52.5 Å². The van der Waals surface area contributed by atoms with Crippen molar-refractivity contribution in [1.82, 2.24) is 19.8 Å². The minimum Gasteiger partial charge on any atom is -0.356 e. The van der Waals surface area contributed by atoms with Gasteiger partial charge in [-0.15, -0.1) is 0 Å². The zero-order chi connectivity index (χ0) is 18.7. The highest BCUT2D eigenvalue weighted by atomic mass is 32.2. The molecule has 1 saturated heterocycles. The molecule has 1 fully saturated rings. The molecule has 7 nitrogen and oxygen atoms in total. The number of rotatable bonds is 10. The van der Waals surface area contributed by atoms with Gasteiger partial charge in [-0.25, -0.2) is 12.7 Å². The number of piperidine rings is 1. The maximum atomic E-state index is 12.1. The summed E-state index contributed by atoms with van der Waals surface area (Å²) >= 11 is 0. The molecular formula is C17H37N5O2S. The first kappa shape index (κ1) is 22.2. The molecular weight excluding hydrogens is 338 g/mol. The standard InChI is InChI=1S/C17H37N5O2S/c1-5-22(6-2)25(23,24)15-12-20-17(18-4)19-11-9-14-21-13-8-7-10-16(21)3/h16H,5-15H2,1-4H3,(H2,18,19,20). The third kappa shape index (κ3) is 7.92. The molecule has 8 heteroatoms. The first-order valence-corrected chi connectivity index (χ1v) is 11.2. The first-order valence-electron chi connectivity index (χ1n) is 9.61. The average Bonchev–Trinajstić information content (AvgIpc) is 2.59. The molecule has 2 N–H and O–H groups in total. The highest BCUT2D eigenvalue weighted by Crippen LogP contribution is 2.15. The van der Waals surface area contributed by atoms with Gasteiger partial charge >= 0.3 is 0 Å². The Bertz CT molecular complexity index is 491. The Hall–Kier alpha value is -0.860. The van der Waals surface area contributed by atoms with Crippen molar-refractivity contribution in [2.24, 2.45) is 4.99 Å². The van der Waals surface area contributed by atoms with Crippen molar-refractivity contribution in [1.29, 1.82) is 0 Å². The van der Waals surface area contributed by atoms with E-state index in [0.29, 0.717) is 31.6 Å². The van der Waals surface area contributed by atoms with Gasteiger partial charge in [0, 0.05) is 45.8 Å². The summed E-state index contributed by atoms with van der Waals surface area (Å²) < 4.78 is 25.8. The lowest BCUT2D eigenvalue weighted by atomic mass is 10.0. The third-order valence-electron chi connectivity index (χ3n) is 4.83. The largest absolute Gasteiger partial charge is 0.356 e. The van der Waals surface area contributed by atoms with E-state index in [1.807, 2.05) is 13.8 Å². The summed E-state index contributed by atoms with van der Waals surface area (Å²) in [6.45, 7) is 10.6. The van der Waals surface area contributed by atoms with Crippen molar-refractivity contribution in [2.75, 3.05) is 52.1 Å². The second-order valence-electron chi connectivity index (χ2n) is 6.56. The van der Waals surface area contributed by atoms with Gasteiger partial charge in [-0.1, -0.05) is 20.3 Å². The molecule has 0 aromatic rings. The van der Waals surface area contributed by atoms with Gasteiger partial charge in [-0.3, -0.25) is 4.99 Å². The van der Waals surface area contributed by atoms with Crippen molar-refractivity contribution in [3.8, 4) is 0 Å². The summed E-state index contributed by atoms with van der Waals surface area (Å²) in [6.07, 6.45) is 5.02. The smallest absolute Gasteiger partial charge is 0.215 e. The maximum absolute atomic E-state index is 12.1. The lowest BCUT2D eigenvalue weighted by Crippen LogP contribution is -2.43. The van der Waals surface area contributed by atoms with Crippen LogP contribution in [-0.2, 0) is 10.0 Å². The number of guanidine groups is 1. The monoisotopic (exact) mass is 375 g/mol. The van der Waals surface area contributed by atoms with Crippen LogP contribution in [0.3, 0.4) is 0 Å². The second kappa shape index (κ2) is 11.7. The van der Waals surface area contributed by atoms with Crippen LogP contribution in [0.4, 0.5) is 0 Å². The van der Waals surface area contributed by atoms with E-state index in [2.05, 4.69) is 27.4 Å². The van der Waals surface area contributed by atoms with Gasteiger partial charge in [0.05, 0.1) is 5.75 Å². The Morgan fingerprint density at radius 1 is 1.20 bits per heavy atom. The van der Waals surface area contributed by atoms with Crippen LogP contribution < -0.4 is 10.6 Å². The topological polar surface area (TPSA) is 77.0 Å². The SMILES string of the molecule is CCN(CC)S(=O)(=O)CCNC(=NC)NCCCN1CCCCC1C. The molecule has 148 valence electrons. The molecule has 1 rings (SSSR count). The van der Waals surface area contributed by atoms with Crippen molar-refractivity contribution < 1.29 is 8.42 Å². The molecule has 0 radical (unpaired) electrons. The number of hydrogen-bond acceptors (Lipinski definition) is 4. The van der Waals surface area contributed by atoms with E-state index in [-0.39, 0.29) is 5.75 Å². The Kier molecular flexibility index (Phi) is 10.4. The predicted octanol–water partition coefficient (Wildman–Crippen LogP) is 1.09. The van der Waals surface area contributed by atoms with Crippen LogP contribution in [0.2, 0.25) is 0 Å². The van der Waals surface area contributed by atoms with Crippen LogP contribution >= 0.6 is 0 Å². The lowest BCUT2D eigenvalue weighted by molar-refractivity contribution is 0.159. The fourth-order valence-electron chi connectivity index (χ4n) is 3.24. The van der Waals surface area contributed by atoms with Crippen LogP contribution in [0.25, 0.3) is 0 Å². The zero-order valence-corrected chi connectivity index (χ0v) is 17.2. The number of aliphatic imine (C=N–C) groups is 1. The number of hydrogen-bond donors (Lipinski definition) is 2. The van der Waals surface area contributed by atoms with Crippen LogP contribution in [0.1, 0.15) is 46.5 Å². The minimum atomic E-state index is -3.19. The molecule has 0 spiro atoms. The molecule has 0 bridgehead atoms. The van der Waals surface area contributed by atoms with Gasteiger partial charge in [0.1, 0.15) is 0 Å². The van der Waals surface area contributed by atoms with Gasteiger partial charge in [0.15, 0.2) is 5.96 Å². The summed E-state index contributed by atoms with van der Waals surface area (Å²) in [7, 11) is -1.48. The van der Waals surface area contributed by atoms with Gasteiger partial charge < -0.3 is 15.5 Å². The van der Waals surface area contributed by atoms with E-state index >= 15 is 0 Å². The fourth-order valence-corrected chi connectivity index (χ4v) is 4.65. The third-order valence-corrected chi connectivity index (χ3v) is 6.85. The van der Waals surface area contributed by atoms with E-state index in [1.54, 1.807) is 7.05 Å². The van der Waals surface area contributed by atoms with E-state index in [0.717, 1.165) is 19.5 Å². The van der Waals surface area contributed by atoms with Crippen LogP contribution in [0.5, 0.6) is 0 Å². The predicted molar refractivity (Wildman–Crippen MR) is 106 cm³/mol. The highest BCUT2D eigenvalue weighted by Gasteiger charge is 2.18. The van der Waals surface area contributed by atoms with Gasteiger partial charge in [-0.2, -0.15) is 0 Å². The maximum Gasteiger partial charge on any atom is 0.215 e. The highest BCUT2D eigenvalue weighted by molar-refractivity contribution is 7.89. The molecule has 0 aromatic carbocycles. The van der Waals surface area contributed by atoms with E-state index in [9.17, 15) is 8.42 Å². The Morgan fingerprint density at radius 2 is 1.88 bits per heavy atom. The molecule has 0 amide bonds. The van der Waals surface area contributed by atoms with E-state index in [1.165, 1.54) is 30.1 Å². The summed E-state index contributed by atoms with van der Waals surface area (Å²) in [6, 6.07) is 0.691. The molecule has 0 aromatic heterocycles. The quantitative estimate of drug-likeness (QED) is 0.340. The summed E-state index contributed by atoms with van der Waals surface area (Å²) in [4.78, 5) is 6.72. The summed E-state index contributed by atoms with van der Waals surface area (Å²) in [5.41, 5.74) is 0. The first-order chi connectivity index (χ1) is 11.9. The molecule has 1 aliphatic rings. The van der Waals surface area contributed by atoms with E-state index < -0.39 is 10.0 Å². The fraction of sp³-hybridized carbons (Fsp3) is 0.941. The van der Waals surface area contributed by atoms with Gasteiger partial charge in [0.2, 0.25) is 10.0 Å². The normalized spacial score (nSPS) is 20.0. The van der Waals surface area contributed by atoms with Crippen LogP contribution in [0, 0.1) is 0 Å². The van der Waals surface area contributed by atoms with Gasteiger partial charge in [0.25, 0.3) is 0 Å². The van der Waals surface area contributed by atoms with Gasteiger partial charge in [-0.05, 0) is 32.7 Å². The number of nitrogens with zero attached hydrogens (tertiary/aromatic N) is 3. The summed E-state index contributed by atoms with van der Waals surface area (Å²) in [5, 5.41) is 6.37. The molecule has 1 heterocycles. The van der Waals surface area contributed by atoms with E-state index in [4.69, 9.17) is 0 Å². The molecule has 0 aliphatic carbocycles. The average molecular weight is 376 g/mol. The van der Waals surface area contributed by atoms with Crippen LogP contribution in [0.15, 0.2) is 4.99 Å². The number of likely N-dealkylation sites (tertiary alicyclic amines) is 1. The zero-order valence-electron chi connectivity index (χ0n) is 16.4. The Balaban J connectivity index is 2.24. The molecule has 1 aliphatic heterocycles. The van der Waals surface area contributed by atoms with Crippen molar-refractivity contribution in [3.05, 3.63) is 0 Å². The Morgan fingerprint density at radius 3 is 2.48 bits per heavy atom. The second-order valence-corrected chi connectivity index (χ2v) is 8.65. The molecule has 0 saturated carbocycles. The molecule has 1 atom stereocenters. The minimum absolute atomic E-state index is 0.0840. The number of nitrogens with one attached hydrogen (secondary N) is 2. The van der Waals surface area contributed by atoms with Crippen molar-refractivity contribution in [3.63, 3.8) is 0 Å². The lowest BCUT2D eigenvalue weighted by Gasteiger charge is -2.33. The van der Waals surface area contributed by atoms with Crippen LogP contribution in [-0.4, -0.2) is 81.7 Å². The Labute approximate surface area is 154 Å². The molecule has 1 unspecified atom stereocenters. The number of sulfonamides is 1.